The zero-order valence-electron chi connectivity index (χ0n) is 16.4. The molecule has 0 radical (unpaired) electrons. The number of rotatable bonds is 16. The summed E-state index contributed by atoms with van der Waals surface area (Å²) in [5, 5.41) is 0. The largest absolute Gasteiger partial charge is 0.372 e. The monoisotopic (exact) mass is 331 g/mol. The van der Waals surface area contributed by atoms with Gasteiger partial charge >= 0.3 is 0 Å². The molecule has 0 aromatic heterocycles. The lowest BCUT2D eigenvalue weighted by molar-refractivity contribution is 0.568. The Morgan fingerprint density at radius 1 is 0.542 bits per heavy atom. The fourth-order valence-corrected chi connectivity index (χ4v) is 3.35. The molecule has 0 aliphatic heterocycles. The smallest absolute Gasteiger partial charge is 0.0366 e. The molecule has 0 aliphatic rings. The number of para-hydroxylation sites is 1. The third kappa shape index (κ3) is 10.7. The molecule has 1 aromatic carbocycles. The third-order valence-electron chi connectivity index (χ3n) is 4.93. The molecule has 0 N–H and O–H groups in total. The molecule has 0 heterocycles. The standard InChI is InChI=1S/C23H41N/c1-3-5-7-9-11-13-18-22-24(23-19-15-14-16-20-23)21-17-12-10-8-6-4-2/h14-16,19-20H,3-13,17-18,21-22H2,1-2H3. The van der Waals surface area contributed by atoms with E-state index >= 15 is 0 Å². The predicted molar refractivity (Wildman–Crippen MR) is 110 cm³/mol. The summed E-state index contributed by atoms with van der Waals surface area (Å²) >= 11 is 0. The summed E-state index contributed by atoms with van der Waals surface area (Å²) in [4.78, 5) is 2.62. The quantitative estimate of drug-likeness (QED) is 0.282. The Morgan fingerprint density at radius 3 is 1.42 bits per heavy atom. The number of anilines is 1. The number of unbranched alkanes of at least 4 members (excludes halogenated alkanes) is 11. The predicted octanol–water partition coefficient (Wildman–Crippen LogP) is 7.60. The van der Waals surface area contributed by atoms with Crippen molar-refractivity contribution in [1.29, 1.82) is 0 Å². The van der Waals surface area contributed by atoms with Gasteiger partial charge in [-0.05, 0) is 25.0 Å². The molecule has 0 spiro atoms. The minimum atomic E-state index is 1.23. The van der Waals surface area contributed by atoms with Crippen LogP contribution >= 0.6 is 0 Å². The minimum Gasteiger partial charge on any atom is -0.372 e. The first-order chi connectivity index (χ1) is 11.9. The Balaban J connectivity index is 2.23. The van der Waals surface area contributed by atoms with Gasteiger partial charge in [0.05, 0.1) is 0 Å². The van der Waals surface area contributed by atoms with Crippen molar-refractivity contribution in [3.05, 3.63) is 30.3 Å². The molecule has 1 nitrogen and oxygen atoms in total. The normalized spacial score (nSPS) is 10.9. The summed E-state index contributed by atoms with van der Waals surface area (Å²) in [5.41, 5.74) is 1.41. The van der Waals surface area contributed by atoms with Gasteiger partial charge in [-0.2, -0.15) is 0 Å². The van der Waals surface area contributed by atoms with Crippen molar-refractivity contribution in [2.45, 2.75) is 97.3 Å². The highest BCUT2D eigenvalue weighted by Crippen LogP contribution is 2.17. The average molecular weight is 332 g/mol. The van der Waals surface area contributed by atoms with E-state index in [-0.39, 0.29) is 0 Å². The molecule has 0 bridgehead atoms. The van der Waals surface area contributed by atoms with Crippen molar-refractivity contribution < 1.29 is 0 Å². The second-order valence-electron chi connectivity index (χ2n) is 7.21. The highest BCUT2D eigenvalue weighted by molar-refractivity contribution is 5.45. The Morgan fingerprint density at radius 2 is 0.958 bits per heavy atom. The molecule has 138 valence electrons. The van der Waals surface area contributed by atoms with E-state index in [1.54, 1.807) is 0 Å². The van der Waals surface area contributed by atoms with E-state index in [0.717, 1.165) is 0 Å². The molecule has 0 atom stereocenters. The lowest BCUT2D eigenvalue weighted by Crippen LogP contribution is -2.25. The van der Waals surface area contributed by atoms with Gasteiger partial charge in [0.2, 0.25) is 0 Å². The molecule has 0 saturated heterocycles. The summed E-state index contributed by atoms with van der Waals surface area (Å²) in [5.74, 6) is 0. The molecule has 1 rings (SSSR count). The van der Waals surface area contributed by atoms with E-state index in [0.29, 0.717) is 0 Å². The van der Waals surface area contributed by atoms with Crippen molar-refractivity contribution in [1.82, 2.24) is 0 Å². The second-order valence-corrected chi connectivity index (χ2v) is 7.21. The first-order valence-corrected chi connectivity index (χ1v) is 10.7. The molecular weight excluding hydrogens is 290 g/mol. The molecule has 0 amide bonds. The molecule has 0 unspecified atom stereocenters. The lowest BCUT2D eigenvalue weighted by Gasteiger charge is -2.25. The maximum Gasteiger partial charge on any atom is 0.0366 e. The van der Waals surface area contributed by atoms with Crippen LogP contribution in [0.15, 0.2) is 30.3 Å². The zero-order valence-corrected chi connectivity index (χ0v) is 16.4. The van der Waals surface area contributed by atoms with Gasteiger partial charge < -0.3 is 4.90 Å². The van der Waals surface area contributed by atoms with Crippen LogP contribution in [0.1, 0.15) is 97.3 Å². The number of hydrogen-bond acceptors (Lipinski definition) is 1. The van der Waals surface area contributed by atoms with Crippen molar-refractivity contribution in [2.24, 2.45) is 0 Å². The van der Waals surface area contributed by atoms with E-state index in [9.17, 15) is 0 Å². The highest BCUT2D eigenvalue weighted by atomic mass is 15.1. The van der Waals surface area contributed by atoms with Gasteiger partial charge in [-0.1, -0.05) is 103 Å². The van der Waals surface area contributed by atoms with Gasteiger partial charge in [0, 0.05) is 18.8 Å². The van der Waals surface area contributed by atoms with Gasteiger partial charge in [-0.3, -0.25) is 0 Å². The minimum absolute atomic E-state index is 1.23. The number of hydrogen-bond donors (Lipinski definition) is 0. The maximum atomic E-state index is 2.62. The molecular formula is C23H41N. The molecule has 0 saturated carbocycles. The fraction of sp³-hybridized carbons (Fsp3) is 0.739. The Hall–Kier alpha value is -0.980. The Bertz CT molecular complexity index is 360. The van der Waals surface area contributed by atoms with E-state index in [1.807, 2.05) is 0 Å². The van der Waals surface area contributed by atoms with E-state index < -0.39 is 0 Å². The molecule has 0 fully saturated rings. The summed E-state index contributed by atoms with van der Waals surface area (Å²) in [6, 6.07) is 11.0. The molecule has 1 aromatic rings. The van der Waals surface area contributed by atoms with E-state index in [1.165, 1.54) is 102 Å². The van der Waals surface area contributed by atoms with Gasteiger partial charge in [-0.25, -0.2) is 0 Å². The zero-order chi connectivity index (χ0) is 17.3. The topological polar surface area (TPSA) is 3.24 Å². The van der Waals surface area contributed by atoms with Gasteiger partial charge in [0.25, 0.3) is 0 Å². The molecule has 24 heavy (non-hydrogen) atoms. The van der Waals surface area contributed by atoms with Crippen LogP contribution < -0.4 is 4.90 Å². The molecule has 1 heteroatoms. The summed E-state index contributed by atoms with van der Waals surface area (Å²) in [6.45, 7) is 7.04. The maximum absolute atomic E-state index is 2.62. The van der Waals surface area contributed by atoms with Crippen LogP contribution in [0.3, 0.4) is 0 Å². The third-order valence-corrected chi connectivity index (χ3v) is 4.93. The van der Waals surface area contributed by atoms with Crippen LogP contribution in [-0.2, 0) is 0 Å². The summed E-state index contributed by atoms with van der Waals surface area (Å²) in [7, 11) is 0. The van der Waals surface area contributed by atoms with Crippen molar-refractivity contribution in [3.8, 4) is 0 Å². The van der Waals surface area contributed by atoms with Gasteiger partial charge in [0.1, 0.15) is 0 Å². The number of nitrogens with zero attached hydrogens (tertiary/aromatic N) is 1. The fourth-order valence-electron chi connectivity index (χ4n) is 3.35. The average Bonchev–Trinajstić information content (AvgIpc) is 2.62. The summed E-state index contributed by atoms with van der Waals surface area (Å²) < 4.78 is 0. The van der Waals surface area contributed by atoms with Crippen LogP contribution in [0.25, 0.3) is 0 Å². The van der Waals surface area contributed by atoms with Crippen LogP contribution in [0.4, 0.5) is 5.69 Å². The van der Waals surface area contributed by atoms with E-state index in [2.05, 4.69) is 49.1 Å². The van der Waals surface area contributed by atoms with Crippen LogP contribution in [-0.4, -0.2) is 13.1 Å². The highest BCUT2D eigenvalue weighted by Gasteiger charge is 2.05. The Kier molecular flexibility index (Phi) is 13.6. The summed E-state index contributed by atoms with van der Waals surface area (Å²) in [6.07, 6.45) is 18.1. The van der Waals surface area contributed by atoms with Crippen LogP contribution in [0.2, 0.25) is 0 Å². The first kappa shape index (κ1) is 21.1. The van der Waals surface area contributed by atoms with Crippen molar-refractivity contribution >= 4 is 5.69 Å². The first-order valence-electron chi connectivity index (χ1n) is 10.7. The van der Waals surface area contributed by atoms with E-state index in [4.69, 9.17) is 0 Å². The van der Waals surface area contributed by atoms with Crippen LogP contribution in [0, 0.1) is 0 Å². The lowest BCUT2D eigenvalue weighted by atomic mass is 10.1. The molecule has 0 aliphatic carbocycles. The number of benzene rings is 1. The van der Waals surface area contributed by atoms with Crippen molar-refractivity contribution in [2.75, 3.05) is 18.0 Å². The van der Waals surface area contributed by atoms with Gasteiger partial charge in [-0.15, -0.1) is 0 Å². The Labute approximate surface area is 151 Å². The van der Waals surface area contributed by atoms with Crippen LogP contribution in [0.5, 0.6) is 0 Å². The van der Waals surface area contributed by atoms with Gasteiger partial charge in [0.15, 0.2) is 0 Å². The SMILES string of the molecule is CCCCCCCCCN(CCCCCCCC)c1ccccc1. The second kappa shape index (κ2) is 15.5. The van der Waals surface area contributed by atoms with Crippen molar-refractivity contribution in [3.63, 3.8) is 0 Å².